The number of aromatic carboxylic acids is 1. The molecule has 1 aromatic heterocycles. The molecule has 0 spiro atoms. The number of alkyl halides is 3. The van der Waals surface area contributed by atoms with Crippen LogP contribution in [0.1, 0.15) is 16.1 Å². The third-order valence-electron chi connectivity index (χ3n) is 4.75. The van der Waals surface area contributed by atoms with Gasteiger partial charge >= 0.3 is 6.18 Å². The van der Waals surface area contributed by atoms with E-state index in [2.05, 4.69) is 5.10 Å². The molecule has 0 atom stereocenters. The molecular formula is C22H11F3N3O6-. The fraction of sp³-hybridized carbons (Fsp3) is 0.0455. The zero-order valence-corrected chi connectivity index (χ0v) is 16.8. The number of non-ortho nitro benzene ring substituents is 1. The van der Waals surface area contributed by atoms with Crippen molar-refractivity contribution in [2.75, 3.05) is 5.01 Å². The number of carbonyl (C=O) groups excluding carboxylic acids is 2. The normalized spacial score (nSPS) is 15.0. The molecule has 0 saturated carbocycles. The highest BCUT2D eigenvalue weighted by Gasteiger charge is 2.47. The lowest BCUT2D eigenvalue weighted by Crippen LogP contribution is -2.25. The molecule has 0 aliphatic carbocycles. The van der Waals surface area contributed by atoms with E-state index in [-0.39, 0.29) is 28.5 Å². The maximum Gasteiger partial charge on any atom is 0.435 e. The number of carboxylic acid groups (broad SMARTS) is 1. The maximum atomic E-state index is 13.6. The number of nitro groups is 1. The summed E-state index contributed by atoms with van der Waals surface area (Å²) < 4.78 is 46.3. The van der Waals surface area contributed by atoms with Crippen LogP contribution in [0, 0.1) is 10.1 Å². The van der Waals surface area contributed by atoms with Gasteiger partial charge in [-0.1, -0.05) is 24.3 Å². The second-order valence-electron chi connectivity index (χ2n) is 6.97. The number of nitro benzene ring substituents is 1. The number of rotatable bonds is 5. The van der Waals surface area contributed by atoms with E-state index in [1.165, 1.54) is 36.4 Å². The topological polar surface area (TPSA) is 129 Å². The summed E-state index contributed by atoms with van der Waals surface area (Å²) in [6.45, 7) is 0. The summed E-state index contributed by atoms with van der Waals surface area (Å²) >= 11 is 0. The highest BCUT2D eigenvalue weighted by atomic mass is 19.4. The van der Waals surface area contributed by atoms with Crippen LogP contribution in [-0.2, 0) is 4.79 Å². The maximum absolute atomic E-state index is 13.6. The number of amides is 1. The second-order valence-corrected chi connectivity index (χ2v) is 6.97. The van der Waals surface area contributed by atoms with Crippen molar-refractivity contribution in [2.45, 2.75) is 6.18 Å². The first-order valence-corrected chi connectivity index (χ1v) is 9.43. The fourth-order valence-corrected chi connectivity index (χ4v) is 3.17. The van der Waals surface area contributed by atoms with Gasteiger partial charge in [0.25, 0.3) is 11.6 Å². The van der Waals surface area contributed by atoms with E-state index >= 15 is 0 Å². The molecule has 0 radical (unpaired) electrons. The van der Waals surface area contributed by atoms with Gasteiger partial charge in [0.05, 0.1) is 22.2 Å². The summed E-state index contributed by atoms with van der Waals surface area (Å²) in [5.41, 5.74) is -2.46. The van der Waals surface area contributed by atoms with Crippen molar-refractivity contribution in [3.8, 4) is 11.3 Å². The number of benzene rings is 2. The predicted octanol–water partition coefficient (Wildman–Crippen LogP) is 3.57. The minimum atomic E-state index is -4.98. The Kier molecular flexibility index (Phi) is 5.49. The van der Waals surface area contributed by atoms with Crippen molar-refractivity contribution in [1.29, 1.82) is 0 Å². The Morgan fingerprint density at radius 1 is 1.09 bits per heavy atom. The zero-order valence-electron chi connectivity index (χ0n) is 16.8. The molecule has 4 rings (SSSR count). The van der Waals surface area contributed by atoms with E-state index < -0.39 is 34.3 Å². The third kappa shape index (κ3) is 4.28. The molecule has 0 saturated heterocycles. The van der Waals surface area contributed by atoms with Gasteiger partial charge in [0, 0.05) is 17.7 Å². The van der Waals surface area contributed by atoms with Gasteiger partial charge in [0.1, 0.15) is 11.5 Å². The van der Waals surface area contributed by atoms with Crippen LogP contribution in [-0.4, -0.2) is 28.7 Å². The molecule has 12 heteroatoms. The molecule has 3 aromatic rings. The highest BCUT2D eigenvalue weighted by Crippen LogP contribution is 2.34. The number of halogens is 3. The largest absolute Gasteiger partial charge is 0.545 e. The van der Waals surface area contributed by atoms with Crippen molar-refractivity contribution in [3.05, 3.63) is 87.7 Å². The number of anilines is 1. The van der Waals surface area contributed by atoms with Crippen LogP contribution in [0.2, 0.25) is 0 Å². The van der Waals surface area contributed by atoms with Gasteiger partial charge in [0.15, 0.2) is 5.71 Å². The Bertz CT molecular complexity index is 1370. The lowest BCUT2D eigenvalue weighted by atomic mass is 10.1. The number of hydrogen-bond acceptors (Lipinski definition) is 7. The third-order valence-corrected chi connectivity index (χ3v) is 4.75. The number of furan rings is 1. The van der Waals surface area contributed by atoms with E-state index in [1.807, 2.05) is 0 Å². The van der Waals surface area contributed by atoms with Crippen LogP contribution in [0.4, 0.5) is 24.5 Å². The Balaban J connectivity index is 1.69. The minimum absolute atomic E-state index is 0.0862. The van der Waals surface area contributed by atoms with E-state index in [4.69, 9.17) is 4.42 Å². The summed E-state index contributed by atoms with van der Waals surface area (Å²) in [4.78, 5) is 34.0. The van der Waals surface area contributed by atoms with Crippen LogP contribution in [0.3, 0.4) is 0 Å². The van der Waals surface area contributed by atoms with E-state index in [1.54, 1.807) is 0 Å². The molecular weight excluding hydrogens is 459 g/mol. The number of carboxylic acids is 1. The van der Waals surface area contributed by atoms with E-state index in [9.17, 15) is 38.0 Å². The van der Waals surface area contributed by atoms with Gasteiger partial charge in [-0.05, 0) is 35.9 Å². The van der Waals surface area contributed by atoms with Crippen LogP contribution >= 0.6 is 0 Å². The first-order valence-electron chi connectivity index (χ1n) is 9.43. The second kappa shape index (κ2) is 8.31. The minimum Gasteiger partial charge on any atom is -0.545 e. The summed E-state index contributed by atoms with van der Waals surface area (Å²) in [6.07, 6.45) is -4.11. The standard InChI is InChI=1S/C22H12F3N3O6/c23-22(24,25)19-17(20(29)27(26-19)14-6-4-12(5-7-14)21(30)31)11-16-8-9-18(34-16)13-2-1-3-15(10-13)28(32)33/h1-11H,(H,30,31)/p-1/b17-11+. The zero-order chi connectivity index (χ0) is 24.6. The molecule has 9 nitrogen and oxygen atoms in total. The first-order chi connectivity index (χ1) is 16.0. The van der Waals surface area contributed by atoms with Crippen LogP contribution in [0.5, 0.6) is 0 Å². The lowest BCUT2D eigenvalue weighted by Gasteiger charge is -2.12. The molecule has 172 valence electrons. The Morgan fingerprint density at radius 2 is 1.79 bits per heavy atom. The molecule has 1 aliphatic rings. The molecule has 1 aliphatic heterocycles. The molecule has 0 N–H and O–H groups in total. The van der Waals surface area contributed by atoms with Gasteiger partial charge in [-0.3, -0.25) is 14.9 Å². The average Bonchev–Trinajstić information content (AvgIpc) is 3.39. The molecule has 0 unspecified atom stereocenters. The highest BCUT2D eigenvalue weighted by molar-refractivity contribution is 6.34. The van der Waals surface area contributed by atoms with Gasteiger partial charge < -0.3 is 14.3 Å². The number of nitrogens with zero attached hydrogens (tertiary/aromatic N) is 3. The van der Waals surface area contributed by atoms with Crippen LogP contribution in [0.15, 0.2) is 75.8 Å². The summed E-state index contributed by atoms with van der Waals surface area (Å²) in [5, 5.41) is 25.7. The SMILES string of the molecule is O=C([O-])c1ccc(N2N=C(C(F)(F)F)/C(=C\c3ccc(-c4cccc([N+](=O)[O-])c4)o3)C2=O)cc1. The number of hydrazone groups is 1. The quantitative estimate of drug-likeness (QED) is 0.319. The van der Waals surface area contributed by atoms with Gasteiger partial charge in [-0.2, -0.15) is 23.3 Å². The van der Waals surface area contributed by atoms with Crippen LogP contribution < -0.4 is 10.1 Å². The number of carbonyl (C=O) groups is 2. The van der Waals surface area contributed by atoms with Crippen molar-refractivity contribution in [1.82, 2.24) is 0 Å². The van der Waals surface area contributed by atoms with Gasteiger partial charge in [0.2, 0.25) is 0 Å². The summed E-state index contributed by atoms with van der Waals surface area (Å²) in [5.74, 6) is -2.57. The molecule has 2 aromatic carbocycles. The van der Waals surface area contributed by atoms with Crippen molar-refractivity contribution in [3.63, 3.8) is 0 Å². The Hall–Kier alpha value is -4.74. The van der Waals surface area contributed by atoms with Crippen LogP contribution in [0.25, 0.3) is 17.4 Å². The predicted molar refractivity (Wildman–Crippen MR) is 111 cm³/mol. The van der Waals surface area contributed by atoms with Crippen molar-refractivity contribution in [2.24, 2.45) is 5.10 Å². The van der Waals surface area contributed by atoms with E-state index in [0.29, 0.717) is 10.6 Å². The molecule has 0 bridgehead atoms. The average molecular weight is 470 g/mol. The smallest absolute Gasteiger partial charge is 0.435 e. The first kappa shape index (κ1) is 22.5. The fourth-order valence-electron chi connectivity index (χ4n) is 3.17. The molecule has 1 amide bonds. The number of hydrogen-bond donors (Lipinski definition) is 0. The van der Waals surface area contributed by atoms with Crippen molar-refractivity contribution < 1.29 is 37.2 Å². The monoisotopic (exact) mass is 470 g/mol. The molecule has 0 fully saturated rings. The lowest BCUT2D eigenvalue weighted by molar-refractivity contribution is -0.384. The Morgan fingerprint density at radius 3 is 2.41 bits per heavy atom. The summed E-state index contributed by atoms with van der Waals surface area (Å²) in [6, 6.07) is 12.5. The van der Waals surface area contributed by atoms with Gasteiger partial charge in [-0.15, -0.1) is 0 Å². The summed E-state index contributed by atoms with van der Waals surface area (Å²) in [7, 11) is 0. The van der Waals surface area contributed by atoms with E-state index in [0.717, 1.165) is 30.3 Å². The molecule has 2 heterocycles. The Labute approximate surface area is 188 Å². The van der Waals surface area contributed by atoms with Gasteiger partial charge in [-0.25, -0.2) is 0 Å². The van der Waals surface area contributed by atoms with Crippen molar-refractivity contribution >= 4 is 35.0 Å². The molecule has 34 heavy (non-hydrogen) atoms.